The molecule has 466 valence electrons. The van der Waals surface area contributed by atoms with Gasteiger partial charge >= 0.3 is 17.9 Å². The van der Waals surface area contributed by atoms with E-state index >= 15 is 0 Å². The van der Waals surface area contributed by atoms with Crippen molar-refractivity contribution in [2.75, 3.05) is 13.2 Å². The zero-order chi connectivity index (χ0) is 57.1. The zero-order valence-electron chi connectivity index (χ0n) is 53.7. The Morgan fingerprint density at radius 1 is 0.253 bits per heavy atom. The number of esters is 3. The third-order valence-electron chi connectivity index (χ3n) is 16.5. The number of carbonyl (C=O) groups excluding carboxylic acids is 3. The van der Waals surface area contributed by atoms with E-state index in [2.05, 4.69) is 45.1 Å². The summed E-state index contributed by atoms with van der Waals surface area (Å²) >= 11 is 0. The van der Waals surface area contributed by atoms with Crippen molar-refractivity contribution in [3.63, 3.8) is 0 Å². The Balaban J connectivity index is 4.29. The van der Waals surface area contributed by atoms with E-state index in [0.29, 0.717) is 19.3 Å². The highest BCUT2D eigenvalue weighted by molar-refractivity contribution is 5.71. The highest BCUT2D eigenvalue weighted by atomic mass is 16.6. The molecule has 0 spiro atoms. The van der Waals surface area contributed by atoms with Gasteiger partial charge in [-0.2, -0.15) is 0 Å². The highest BCUT2D eigenvalue weighted by Crippen LogP contribution is 2.19. The lowest BCUT2D eigenvalue weighted by Crippen LogP contribution is -2.30. The molecule has 0 amide bonds. The molecule has 6 nitrogen and oxygen atoms in total. The molecule has 1 unspecified atom stereocenters. The Bertz CT molecular complexity index is 1270. The van der Waals surface area contributed by atoms with Crippen molar-refractivity contribution in [3.05, 3.63) is 24.3 Å². The quantitative estimate of drug-likeness (QED) is 0.0261. The van der Waals surface area contributed by atoms with Crippen LogP contribution in [0.2, 0.25) is 0 Å². The molecule has 0 saturated heterocycles. The Hall–Kier alpha value is -2.11. The molecule has 0 N–H and O–H groups in total. The molecule has 1 atom stereocenters. The molecular weight excluding hydrogens is 973 g/mol. The van der Waals surface area contributed by atoms with Crippen molar-refractivity contribution in [3.8, 4) is 0 Å². The fraction of sp³-hybridized carbons (Fsp3) is 0.904. The van der Waals surface area contributed by atoms with Crippen LogP contribution in [0.1, 0.15) is 406 Å². The van der Waals surface area contributed by atoms with Crippen LogP contribution in [0.4, 0.5) is 0 Å². The lowest BCUT2D eigenvalue weighted by Gasteiger charge is -2.18. The number of allylic oxidation sites excluding steroid dienone is 4. The summed E-state index contributed by atoms with van der Waals surface area (Å²) in [6, 6.07) is 0. The zero-order valence-corrected chi connectivity index (χ0v) is 53.7. The molecule has 0 aliphatic carbocycles. The number of hydrogen-bond donors (Lipinski definition) is 0. The summed E-state index contributed by atoms with van der Waals surface area (Å²) < 4.78 is 17.0. The molecule has 0 saturated carbocycles. The van der Waals surface area contributed by atoms with Crippen LogP contribution in [0.25, 0.3) is 0 Å². The van der Waals surface area contributed by atoms with E-state index in [0.717, 1.165) is 64.2 Å². The third kappa shape index (κ3) is 66.6. The molecule has 6 heteroatoms. The number of rotatable bonds is 67. The minimum Gasteiger partial charge on any atom is -0.462 e. The minimum absolute atomic E-state index is 0.0645. The predicted molar refractivity (Wildman–Crippen MR) is 344 cm³/mol. The van der Waals surface area contributed by atoms with Crippen molar-refractivity contribution in [2.45, 2.75) is 412 Å². The first-order chi connectivity index (χ1) is 39.0. The van der Waals surface area contributed by atoms with Gasteiger partial charge in [-0.15, -0.1) is 0 Å². The first kappa shape index (κ1) is 76.9. The van der Waals surface area contributed by atoms with Crippen LogP contribution in [0.15, 0.2) is 24.3 Å². The van der Waals surface area contributed by atoms with Gasteiger partial charge in [0.05, 0.1) is 0 Å². The third-order valence-corrected chi connectivity index (χ3v) is 16.5. The Labute approximate surface area is 493 Å². The Morgan fingerprint density at radius 3 is 0.696 bits per heavy atom. The van der Waals surface area contributed by atoms with Gasteiger partial charge in [0, 0.05) is 19.3 Å². The van der Waals surface area contributed by atoms with Gasteiger partial charge in [-0.1, -0.05) is 360 Å². The average Bonchev–Trinajstić information content (AvgIpc) is 3.45. The van der Waals surface area contributed by atoms with Gasteiger partial charge in [-0.25, -0.2) is 0 Å². The Morgan fingerprint density at radius 2 is 0.456 bits per heavy atom. The summed E-state index contributed by atoms with van der Waals surface area (Å²) in [6.45, 7) is 6.72. The summed E-state index contributed by atoms with van der Waals surface area (Å²) in [5, 5.41) is 0. The minimum atomic E-state index is -0.769. The summed E-state index contributed by atoms with van der Waals surface area (Å²) in [5.74, 6) is -0.830. The maximum absolute atomic E-state index is 13.0. The fourth-order valence-electron chi connectivity index (χ4n) is 11.1. The molecule has 0 aromatic rings. The van der Waals surface area contributed by atoms with Gasteiger partial charge in [-0.05, 0) is 51.4 Å². The summed E-state index contributed by atoms with van der Waals surface area (Å²) in [4.78, 5) is 38.5. The van der Waals surface area contributed by atoms with Crippen LogP contribution in [0, 0.1) is 0 Å². The molecule has 0 heterocycles. The number of ether oxygens (including phenoxy) is 3. The van der Waals surface area contributed by atoms with Crippen LogP contribution in [0.5, 0.6) is 0 Å². The molecule has 0 aliphatic rings. The van der Waals surface area contributed by atoms with Crippen molar-refractivity contribution < 1.29 is 28.6 Å². The van der Waals surface area contributed by atoms with E-state index < -0.39 is 6.10 Å². The average molecular weight is 1110 g/mol. The molecule has 0 bridgehead atoms. The SMILES string of the molecule is CCCCCCC/C=C\C/C=C\CCCCCCCCCCCCCC(=O)OCC(COC(=O)CCCCCCCCCCCCCCCCCCCCC)OC(=O)CCCCCCCCCCCCCCCCCCCCC. The smallest absolute Gasteiger partial charge is 0.306 e. The number of unbranched alkanes of at least 4 members (excludes halogenated alkanes) is 52. The lowest BCUT2D eigenvalue weighted by molar-refractivity contribution is -0.167. The van der Waals surface area contributed by atoms with Crippen LogP contribution in [-0.2, 0) is 28.6 Å². The van der Waals surface area contributed by atoms with Gasteiger partial charge in [0.15, 0.2) is 6.10 Å². The summed E-state index contributed by atoms with van der Waals surface area (Å²) in [5.41, 5.74) is 0. The summed E-state index contributed by atoms with van der Waals surface area (Å²) in [6.07, 6.45) is 83.4. The Kier molecular flexibility index (Phi) is 66.6. The molecule has 0 radical (unpaired) electrons. The van der Waals surface area contributed by atoms with Gasteiger partial charge in [0.2, 0.25) is 0 Å². The van der Waals surface area contributed by atoms with E-state index in [1.54, 1.807) is 0 Å². The van der Waals surface area contributed by atoms with Gasteiger partial charge in [0.1, 0.15) is 13.2 Å². The second kappa shape index (κ2) is 68.4. The lowest BCUT2D eigenvalue weighted by atomic mass is 10.0. The van der Waals surface area contributed by atoms with Gasteiger partial charge < -0.3 is 14.2 Å². The molecular formula is C73H138O6. The molecule has 0 aliphatic heterocycles. The molecule has 79 heavy (non-hydrogen) atoms. The second-order valence-electron chi connectivity index (χ2n) is 24.5. The molecule has 0 aromatic heterocycles. The van der Waals surface area contributed by atoms with E-state index in [4.69, 9.17) is 14.2 Å². The normalized spacial score (nSPS) is 12.1. The van der Waals surface area contributed by atoms with Gasteiger partial charge in [0.25, 0.3) is 0 Å². The van der Waals surface area contributed by atoms with E-state index in [1.807, 2.05) is 0 Å². The largest absolute Gasteiger partial charge is 0.462 e. The van der Waals surface area contributed by atoms with Crippen molar-refractivity contribution >= 4 is 17.9 Å². The predicted octanol–water partition coefficient (Wildman–Crippen LogP) is 24.6. The maximum atomic E-state index is 13.0. The summed E-state index contributed by atoms with van der Waals surface area (Å²) in [7, 11) is 0. The first-order valence-electron chi connectivity index (χ1n) is 35.8. The molecule has 0 aromatic carbocycles. The monoisotopic (exact) mass is 1110 g/mol. The van der Waals surface area contributed by atoms with Crippen molar-refractivity contribution in [2.24, 2.45) is 0 Å². The van der Waals surface area contributed by atoms with Crippen LogP contribution < -0.4 is 0 Å². The van der Waals surface area contributed by atoms with E-state index in [-0.39, 0.29) is 31.1 Å². The van der Waals surface area contributed by atoms with Crippen molar-refractivity contribution in [1.82, 2.24) is 0 Å². The topological polar surface area (TPSA) is 78.9 Å². The van der Waals surface area contributed by atoms with E-state index in [1.165, 1.54) is 302 Å². The molecule has 0 rings (SSSR count). The number of carbonyl (C=O) groups is 3. The second-order valence-corrected chi connectivity index (χ2v) is 24.5. The standard InChI is InChI=1S/C73H138O6/c1-4-7-10-13-16-19-22-25-28-31-34-35-36-37-40-42-45-48-51-54-57-60-63-66-72(75)78-69-70(79-73(76)67-64-61-58-55-52-49-46-43-39-33-30-27-24-21-18-15-12-9-6-3)68-77-71(74)65-62-59-56-53-50-47-44-41-38-32-29-26-23-20-17-14-11-8-5-2/h22,25,31,34,70H,4-21,23-24,26-30,32-33,35-69H2,1-3H3/b25-22-,34-31-. The van der Waals surface area contributed by atoms with Gasteiger partial charge in [-0.3, -0.25) is 14.4 Å². The van der Waals surface area contributed by atoms with Crippen LogP contribution in [0.3, 0.4) is 0 Å². The van der Waals surface area contributed by atoms with E-state index in [9.17, 15) is 14.4 Å². The first-order valence-corrected chi connectivity index (χ1v) is 35.8. The maximum Gasteiger partial charge on any atom is 0.306 e. The van der Waals surface area contributed by atoms with Crippen molar-refractivity contribution in [1.29, 1.82) is 0 Å². The fourth-order valence-corrected chi connectivity index (χ4v) is 11.1. The molecule has 0 fully saturated rings. The van der Waals surface area contributed by atoms with Crippen LogP contribution >= 0.6 is 0 Å². The van der Waals surface area contributed by atoms with Crippen LogP contribution in [-0.4, -0.2) is 37.2 Å². The number of hydrogen-bond acceptors (Lipinski definition) is 6. The highest BCUT2D eigenvalue weighted by Gasteiger charge is 2.19.